The summed E-state index contributed by atoms with van der Waals surface area (Å²) in [5, 5.41) is 3.56. The van der Waals surface area contributed by atoms with Crippen LogP contribution in [0.3, 0.4) is 0 Å². The number of nitrogens with zero attached hydrogens (tertiary/aromatic N) is 3. The number of halogens is 1. The van der Waals surface area contributed by atoms with Gasteiger partial charge in [-0.3, -0.25) is 9.35 Å². The zero-order valence-corrected chi connectivity index (χ0v) is 18.3. The molecule has 0 radical (unpaired) electrons. The predicted octanol–water partition coefficient (Wildman–Crippen LogP) is 1.23. The lowest BCUT2D eigenvalue weighted by molar-refractivity contribution is 0.0949. The number of aromatic nitrogens is 3. The van der Waals surface area contributed by atoms with Crippen LogP contribution in [0.5, 0.6) is 0 Å². The van der Waals surface area contributed by atoms with Crippen LogP contribution in [0.25, 0.3) is 0 Å². The molecule has 1 aromatic heterocycles. The van der Waals surface area contributed by atoms with E-state index in [1.54, 1.807) is 13.0 Å². The first kappa shape index (κ1) is 23.9. The topological polar surface area (TPSA) is 178 Å². The van der Waals surface area contributed by atoms with Crippen molar-refractivity contribution in [3.8, 4) is 0 Å². The van der Waals surface area contributed by atoms with Crippen molar-refractivity contribution in [2.45, 2.75) is 31.6 Å². The van der Waals surface area contributed by atoms with Gasteiger partial charge in [0.15, 0.2) is 15.3 Å². The van der Waals surface area contributed by atoms with Crippen molar-refractivity contribution in [1.29, 1.82) is 0 Å². The molecule has 1 heterocycles. The molecule has 30 heavy (non-hydrogen) atoms. The highest BCUT2D eigenvalue weighted by Crippen LogP contribution is 2.17. The van der Waals surface area contributed by atoms with Crippen molar-refractivity contribution >= 4 is 49.4 Å². The molecule has 0 spiro atoms. The fraction of sp³-hybridized carbons (Fsp3) is 0.333. The van der Waals surface area contributed by atoms with Gasteiger partial charge in [-0.05, 0) is 50.6 Å². The van der Waals surface area contributed by atoms with Crippen molar-refractivity contribution < 1.29 is 30.4 Å². The summed E-state index contributed by atoms with van der Waals surface area (Å²) in [6.45, 7) is 3.67. The van der Waals surface area contributed by atoms with E-state index >= 15 is 0 Å². The Morgan fingerprint density at radius 3 is 2.43 bits per heavy atom. The van der Waals surface area contributed by atoms with Crippen LogP contribution < -0.4 is 10.6 Å². The molecule has 1 amide bonds. The van der Waals surface area contributed by atoms with Crippen molar-refractivity contribution in [2.75, 3.05) is 5.32 Å². The molecule has 0 aliphatic carbocycles. The Bertz CT molecular complexity index is 1140. The highest BCUT2D eigenvalue weighted by molar-refractivity contribution is 7.93. The normalized spacial score (nSPS) is 14.0. The second-order valence-electron chi connectivity index (χ2n) is 5.98. The molecule has 0 aliphatic rings. The van der Waals surface area contributed by atoms with Gasteiger partial charge in [-0.25, -0.2) is 17.6 Å². The fourth-order valence-corrected chi connectivity index (χ4v) is 4.36. The van der Waals surface area contributed by atoms with Crippen LogP contribution in [0.1, 0.15) is 30.0 Å². The number of hydrogen-bond donors (Lipinski definition) is 3. The molecule has 3 N–H and O–H groups in total. The standard InChI is InChI=1S/C15H18ClN5O7S2/c1-8-17-14(16)21-15(18-8)20-12-6-4-5-11(7-12)13(22)19-9(2)29(23,24)10(3)28-30(25,26)27/h4-7,9-10H,1-3H3,(H,19,22)(H,25,26,27)(H,17,18,20,21). The third-order valence-corrected chi connectivity index (χ3v) is 6.60. The quantitative estimate of drug-likeness (QED) is 0.463. The summed E-state index contributed by atoms with van der Waals surface area (Å²) in [5.41, 5.74) is -1.39. The molecule has 0 aliphatic heterocycles. The van der Waals surface area contributed by atoms with Gasteiger partial charge in [-0.1, -0.05) is 6.07 Å². The Labute approximate surface area is 177 Å². The van der Waals surface area contributed by atoms with E-state index in [1.165, 1.54) is 18.2 Å². The molecule has 164 valence electrons. The van der Waals surface area contributed by atoms with Crippen LogP contribution in [0.4, 0.5) is 11.6 Å². The number of anilines is 2. The molecule has 15 heteroatoms. The number of carbonyl (C=O) groups excluding carboxylic acids is 1. The molecular formula is C15H18ClN5O7S2. The number of nitrogens with one attached hydrogen (secondary N) is 2. The maximum Gasteiger partial charge on any atom is 0.398 e. The molecule has 0 saturated heterocycles. The van der Waals surface area contributed by atoms with E-state index < -0.39 is 37.0 Å². The molecule has 2 atom stereocenters. The van der Waals surface area contributed by atoms with Crippen molar-refractivity contribution in [1.82, 2.24) is 20.3 Å². The molecular weight excluding hydrogens is 462 g/mol. The minimum absolute atomic E-state index is 0.0147. The van der Waals surface area contributed by atoms with Crippen LogP contribution in [-0.2, 0) is 24.4 Å². The van der Waals surface area contributed by atoms with Gasteiger partial charge in [-0.2, -0.15) is 18.4 Å². The summed E-state index contributed by atoms with van der Waals surface area (Å²) in [5.74, 6) is -0.220. The Morgan fingerprint density at radius 2 is 1.83 bits per heavy atom. The minimum Gasteiger partial charge on any atom is -0.336 e. The van der Waals surface area contributed by atoms with E-state index in [-0.39, 0.29) is 16.8 Å². The highest BCUT2D eigenvalue weighted by atomic mass is 35.5. The van der Waals surface area contributed by atoms with Gasteiger partial charge in [0.25, 0.3) is 5.91 Å². The average Bonchev–Trinajstić information content (AvgIpc) is 2.59. The smallest absolute Gasteiger partial charge is 0.336 e. The summed E-state index contributed by atoms with van der Waals surface area (Å²) in [4.78, 5) is 24.2. The maximum atomic E-state index is 12.4. The van der Waals surface area contributed by atoms with Gasteiger partial charge in [-0.15, -0.1) is 0 Å². The molecule has 0 bridgehead atoms. The number of benzene rings is 1. The Hall–Kier alpha value is -2.39. The number of sulfone groups is 1. The van der Waals surface area contributed by atoms with Crippen LogP contribution in [0.15, 0.2) is 24.3 Å². The first-order valence-electron chi connectivity index (χ1n) is 8.22. The van der Waals surface area contributed by atoms with Crippen molar-refractivity contribution in [3.63, 3.8) is 0 Å². The zero-order valence-electron chi connectivity index (χ0n) is 15.9. The van der Waals surface area contributed by atoms with E-state index in [0.29, 0.717) is 11.5 Å². The van der Waals surface area contributed by atoms with Gasteiger partial charge in [0, 0.05) is 11.3 Å². The van der Waals surface area contributed by atoms with Crippen LogP contribution in [0, 0.1) is 6.92 Å². The Kier molecular flexibility index (Phi) is 7.31. The summed E-state index contributed by atoms with van der Waals surface area (Å²) in [6, 6.07) is 6.01. The van der Waals surface area contributed by atoms with Crippen LogP contribution >= 0.6 is 11.6 Å². The highest BCUT2D eigenvalue weighted by Gasteiger charge is 2.33. The van der Waals surface area contributed by atoms with Gasteiger partial charge in [0.1, 0.15) is 11.2 Å². The lowest BCUT2D eigenvalue weighted by Gasteiger charge is -2.19. The molecule has 2 rings (SSSR count). The monoisotopic (exact) mass is 479 g/mol. The largest absolute Gasteiger partial charge is 0.398 e. The lowest BCUT2D eigenvalue weighted by Crippen LogP contribution is -2.43. The second-order valence-corrected chi connectivity index (χ2v) is 9.91. The first-order valence-corrected chi connectivity index (χ1v) is 11.6. The SMILES string of the molecule is Cc1nc(Cl)nc(Nc2cccc(C(=O)NC(C)S(=O)(=O)C(C)OS(=O)(=O)O)c2)n1. The molecule has 0 saturated carbocycles. The molecule has 2 aromatic rings. The maximum absolute atomic E-state index is 12.4. The number of aryl methyl sites for hydroxylation is 1. The summed E-state index contributed by atoms with van der Waals surface area (Å²) in [6.07, 6.45) is 0. The van der Waals surface area contributed by atoms with Gasteiger partial charge in [0.05, 0.1) is 0 Å². The second kappa shape index (κ2) is 9.18. The van der Waals surface area contributed by atoms with E-state index in [4.69, 9.17) is 16.2 Å². The Balaban J connectivity index is 2.14. The summed E-state index contributed by atoms with van der Waals surface area (Å²) in [7, 11) is -9.28. The number of amides is 1. The van der Waals surface area contributed by atoms with E-state index in [0.717, 1.165) is 13.8 Å². The first-order chi connectivity index (χ1) is 13.8. The molecule has 1 aromatic carbocycles. The molecule has 0 fully saturated rings. The summed E-state index contributed by atoms with van der Waals surface area (Å²) < 4.78 is 58.8. The minimum atomic E-state index is -4.99. The van der Waals surface area contributed by atoms with Crippen molar-refractivity contribution in [2.24, 2.45) is 0 Å². The predicted molar refractivity (Wildman–Crippen MR) is 107 cm³/mol. The zero-order chi connectivity index (χ0) is 22.7. The molecule has 2 unspecified atom stereocenters. The van der Waals surface area contributed by atoms with Gasteiger partial charge >= 0.3 is 10.4 Å². The summed E-state index contributed by atoms with van der Waals surface area (Å²) >= 11 is 5.78. The number of rotatable bonds is 8. The fourth-order valence-electron chi connectivity index (χ4n) is 2.24. The lowest BCUT2D eigenvalue weighted by atomic mass is 10.2. The van der Waals surface area contributed by atoms with Crippen LogP contribution in [-0.4, -0.2) is 53.1 Å². The number of carbonyl (C=O) groups is 1. The Morgan fingerprint density at radius 1 is 1.17 bits per heavy atom. The van der Waals surface area contributed by atoms with Gasteiger partial charge < -0.3 is 10.6 Å². The molecule has 12 nitrogen and oxygen atoms in total. The number of hydrogen-bond acceptors (Lipinski definition) is 10. The van der Waals surface area contributed by atoms with E-state index in [9.17, 15) is 21.6 Å². The third kappa shape index (κ3) is 6.56. The van der Waals surface area contributed by atoms with Crippen LogP contribution in [0.2, 0.25) is 5.28 Å². The average molecular weight is 480 g/mol. The third-order valence-electron chi connectivity index (χ3n) is 3.65. The van der Waals surface area contributed by atoms with E-state index in [2.05, 4.69) is 29.8 Å². The van der Waals surface area contributed by atoms with Crippen molar-refractivity contribution in [3.05, 3.63) is 40.9 Å². The van der Waals surface area contributed by atoms with Gasteiger partial charge in [0.2, 0.25) is 11.2 Å². The van der Waals surface area contributed by atoms with E-state index in [1.807, 2.05) is 0 Å².